The Morgan fingerprint density at radius 3 is 2.38 bits per heavy atom. The molecule has 0 aliphatic carbocycles. The third-order valence-corrected chi connectivity index (χ3v) is 4.25. The molecule has 0 unspecified atom stereocenters. The maximum atomic E-state index is 12.1. The standard InChI is InChI=1S/C18H20N4OS/c1-12-16(13(2)21-18(20-12)24-3)8-9-17(23)22-15-6-4-14(5-7-15)10-11-19/h4-7H,8-10H2,1-3H3,(H,22,23). The fourth-order valence-corrected chi connectivity index (χ4v) is 2.88. The normalized spacial score (nSPS) is 10.2. The maximum absolute atomic E-state index is 12.1. The SMILES string of the molecule is CSc1nc(C)c(CCC(=O)Nc2ccc(CC#N)cc2)c(C)n1. The number of thioether (sulfide) groups is 1. The molecule has 0 fully saturated rings. The molecule has 6 heteroatoms. The second-order valence-electron chi connectivity index (χ2n) is 5.44. The van der Waals surface area contributed by atoms with Gasteiger partial charge >= 0.3 is 0 Å². The summed E-state index contributed by atoms with van der Waals surface area (Å²) in [6, 6.07) is 9.43. The summed E-state index contributed by atoms with van der Waals surface area (Å²) in [5, 5.41) is 12.3. The van der Waals surface area contributed by atoms with Crippen LogP contribution in [-0.2, 0) is 17.6 Å². The summed E-state index contributed by atoms with van der Waals surface area (Å²) >= 11 is 1.51. The Hall–Kier alpha value is -2.39. The van der Waals surface area contributed by atoms with Gasteiger partial charge in [0.15, 0.2) is 5.16 Å². The van der Waals surface area contributed by atoms with Crippen molar-refractivity contribution in [2.75, 3.05) is 11.6 Å². The molecule has 1 heterocycles. The molecule has 24 heavy (non-hydrogen) atoms. The first-order chi connectivity index (χ1) is 11.5. The predicted octanol–water partition coefficient (Wildman–Crippen LogP) is 3.45. The Balaban J connectivity index is 1.95. The molecule has 124 valence electrons. The van der Waals surface area contributed by atoms with Gasteiger partial charge in [-0.15, -0.1) is 0 Å². The zero-order valence-electron chi connectivity index (χ0n) is 14.1. The smallest absolute Gasteiger partial charge is 0.224 e. The van der Waals surface area contributed by atoms with Crippen LogP contribution < -0.4 is 5.32 Å². The Morgan fingerprint density at radius 1 is 1.21 bits per heavy atom. The first-order valence-corrected chi connectivity index (χ1v) is 8.89. The average Bonchev–Trinajstić information content (AvgIpc) is 2.56. The molecule has 5 nitrogen and oxygen atoms in total. The number of aromatic nitrogens is 2. The molecule has 0 radical (unpaired) electrons. The number of aryl methyl sites for hydroxylation is 2. The van der Waals surface area contributed by atoms with Crippen molar-refractivity contribution in [1.82, 2.24) is 9.97 Å². The van der Waals surface area contributed by atoms with Gasteiger partial charge in [-0.05, 0) is 49.8 Å². The fourth-order valence-electron chi connectivity index (χ4n) is 2.42. The fraction of sp³-hybridized carbons (Fsp3) is 0.333. The molecule has 2 aromatic rings. The number of carbonyl (C=O) groups excluding carboxylic acids is 1. The molecule has 1 N–H and O–H groups in total. The Kier molecular flexibility index (Phi) is 6.33. The first kappa shape index (κ1) is 18.0. The Bertz CT molecular complexity index is 743. The average molecular weight is 340 g/mol. The summed E-state index contributed by atoms with van der Waals surface area (Å²) < 4.78 is 0. The predicted molar refractivity (Wildman–Crippen MR) is 96.0 cm³/mol. The van der Waals surface area contributed by atoms with E-state index in [9.17, 15) is 4.79 Å². The third kappa shape index (κ3) is 4.80. The van der Waals surface area contributed by atoms with E-state index in [2.05, 4.69) is 21.4 Å². The van der Waals surface area contributed by atoms with Crippen LogP contribution in [0.15, 0.2) is 29.4 Å². The van der Waals surface area contributed by atoms with Gasteiger partial charge in [0.2, 0.25) is 5.91 Å². The molecule has 0 bridgehead atoms. The van der Waals surface area contributed by atoms with Crippen LogP contribution in [0.5, 0.6) is 0 Å². The van der Waals surface area contributed by atoms with Gasteiger partial charge in [0, 0.05) is 23.5 Å². The number of carbonyl (C=O) groups is 1. The van der Waals surface area contributed by atoms with E-state index < -0.39 is 0 Å². The second kappa shape index (κ2) is 8.46. The molecule has 0 aliphatic heterocycles. The first-order valence-electron chi connectivity index (χ1n) is 7.67. The van der Waals surface area contributed by atoms with E-state index in [0.29, 0.717) is 19.3 Å². The van der Waals surface area contributed by atoms with E-state index in [1.165, 1.54) is 11.8 Å². The van der Waals surface area contributed by atoms with E-state index in [1.54, 1.807) is 0 Å². The summed E-state index contributed by atoms with van der Waals surface area (Å²) in [5.41, 5.74) is 4.57. The summed E-state index contributed by atoms with van der Waals surface area (Å²) in [6.45, 7) is 3.91. The number of nitrogens with one attached hydrogen (secondary N) is 1. The second-order valence-corrected chi connectivity index (χ2v) is 6.21. The zero-order valence-corrected chi connectivity index (χ0v) is 14.9. The number of anilines is 1. The van der Waals surface area contributed by atoms with Crippen molar-refractivity contribution in [3.8, 4) is 6.07 Å². The number of rotatable bonds is 6. The molecule has 0 saturated carbocycles. The number of amides is 1. The lowest BCUT2D eigenvalue weighted by molar-refractivity contribution is -0.116. The van der Waals surface area contributed by atoms with Crippen molar-refractivity contribution in [1.29, 1.82) is 5.26 Å². The molecule has 0 aliphatic rings. The molecule has 2 rings (SSSR count). The lowest BCUT2D eigenvalue weighted by Gasteiger charge is -2.10. The van der Waals surface area contributed by atoms with Crippen molar-refractivity contribution in [2.24, 2.45) is 0 Å². The van der Waals surface area contributed by atoms with Gasteiger partial charge in [0.05, 0.1) is 12.5 Å². The largest absolute Gasteiger partial charge is 0.326 e. The minimum absolute atomic E-state index is 0.0456. The van der Waals surface area contributed by atoms with Gasteiger partial charge in [-0.25, -0.2) is 9.97 Å². The monoisotopic (exact) mass is 340 g/mol. The zero-order chi connectivity index (χ0) is 17.5. The van der Waals surface area contributed by atoms with E-state index in [0.717, 1.165) is 33.4 Å². The van der Waals surface area contributed by atoms with Crippen molar-refractivity contribution in [3.05, 3.63) is 46.8 Å². The third-order valence-electron chi connectivity index (χ3n) is 3.71. The number of hydrogen-bond acceptors (Lipinski definition) is 5. The number of nitriles is 1. The molecule has 0 spiro atoms. The molecular weight excluding hydrogens is 320 g/mol. The van der Waals surface area contributed by atoms with Crippen LogP contribution in [-0.4, -0.2) is 22.1 Å². The number of hydrogen-bond donors (Lipinski definition) is 1. The highest BCUT2D eigenvalue weighted by Crippen LogP contribution is 2.17. The van der Waals surface area contributed by atoms with Crippen LogP contribution in [0.2, 0.25) is 0 Å². The molecule has 1 aromatic carbocycles. The maximum Gasteiger partial charge on any atom is 0.224 e. The van der Waals surface area contributed by atoms with Gasteiger partial charge in [-0.2, -0.15) is 5.26 Å². The summed E-state index contributed by atoms with van der Waals surface area (Å²) in [4.78, 5) is 21.0. The van der Waals surface area contributed by atoms with E-state index >= 15 is 0 Å². The summed E-state index contributed by atoms with van der Waals surface area (Å²) in [5.74, 6) is -0.0456. The van der Waals surface area contributed by atoms with Gasteiger partial charge in [0.1, 0.15) is 0 Å². The molecule has 1 amide bonds. The van der Waals surface area contributed by atoms with E-state index in [-0.39, 0.29) is 5.91 Å². The highest BCUT2D eigenvalue weighted by Gasteiger charge is 2.10. The van der Waals surface area contributed by atoms with Crippen molar-refractivity contribution < 1.29 is 4.79 Å². The lowest BCUT2D eigenvalue weighted by Crippen LogP contribution is -2.13. The Labute approximate surface area is 146 Å². The topological polar surface area (TPSA) is 78.7 Å². The van der Waals surface area contributed by atoms with Gasteiger partial charge < -0.3 is 5.32 Å². The quantitative estimate of drug-likeness (QED) is 0.643. The number of benzene rings is 1. The minimum atomic E-state index is -0.0456. The van der Waals surface area contributed by atoms with Gasteiger partial charge in [-0.1, -0.05) is 23.9 Å². The van der Waals surface area contributed by atoms with Crippen LogP contribution in [0.4, 0.5) is 5.69 Å². The molecule has 1 aromatic heterocycles. The van der Waals surface area contributed by atoms with Crippen molar-refractivity contribution in [3.63, 3.8) is 0 Å². The molecule has 0 atom stereocenters. The highest BCUT2D eigenvalue weighted by atomic mass is 32.2. The lowest BCUT2D eigenvalue weighted by atomic mass is 10.1. The minimum Gasteiger partial charge on any atom is -0.326 e. The Morgan fingerprint density at radius 2 is 1.83 bits per heavy atom. The van der Waals surface area contributed by atoms with Crippen LogP contribution in [0.3, 0.4) is 0 Å². The van der Waals surface area contributed by atoms with Crippen LogP contribution >= 0.6 is 11.8 Å². The van der Waals surface area contributed by atoms with E-state index in [1.807, 2.05) is 44.4 Å². The summed E-state index contributed by atoms with van der Waals surface area (Å²) in [7, 11) is 0. The van der Waals surface area contributed by atoms with Crippen molar-refractivity contribution >= 4 is 23.4 Å². The summed E-state index contributed by atoms with van der Waals surface area (Å²) in [6.07, 6.45) is 3.32. The van der Waals surface area contributed by atoms with Gasteiger partial charge in [0.25, 0.3) is 0 Å². The van der Waals surface area contributed by atoms with Gasteiger partial charge in [-0.3, -0.25) is 4.79 Å². The number of nitrogens with zero attached hydrogens (tertiary/aromatic N) is 3. The van der Waals surface area contributed by atoms with Crippen LogP contribution in [0, 0.1) is 25.2 Å². The van der Waals surface area contributed by atoms with Crippen LogP contribution in [0.1, 0.15) is 28.9 Å². The highest BCUT2D eigenvalue weighted by molar-refractivity contribution is 7.98. The van der Waals surface area contributed by atoms with Crippen LogP contribution in [0.25, 0.3) is 0 Å². The van der Waals surface area contributed by atoms with Crippen molar-refractivity contribution in [2.45, 2.75) is 38.3 Å². The van der Waals surface area contributed by atoms with E-state index in [4.69, 9.17) is 5.26 Å². The molecular formula is C18H20N4OS. The molecule has 0 saturated heterocycles.